The van der Waals surface area contributed by atoms with E-state index in [2.05, 4.69) is 20.9 Å². The molecule has 1 heterocycles. The third-order valence-corrected chi connectivity index (χ3v) is 4.56. The average molecular weight is 226 g/mol. The number of nitrogens with zero attached hydrogens (tertiary/aromatic N) is 1. The van der Waals surface area contributed by atoms with Crippen LogP contribution in [-0.2, 0) is 4.79 Å². The Morgan fingerprint density at radius 2 is 1.94 bits per heavy atom. The summed E-state index contributed by atoms with van der Waals surface area (Å²) < 4.78 is 1.17. The highest BCUT2D eigenvalue weighted by Crippen LogP contribution is 2.31. The molecule has 1 saturated heterocycles. The van der Waals surface area contributed by atoms with Gasteiger partial charge >= 0.3 is 0 Å². The second-order valence-corrected chi connectivity index (χ2v) is 6.12. The molecule has 0 radical (unpaired) electrons. The largest absolute Gasteiger partial charge is 0.322 e. The van der Waals surface area contributed by atoms with Crippen molar-refractivity contribution >= 4 is 5.78 Å². The molecule has 0 bridgehead atoms. The van der Waals surface area contributed by atoms with E-state index < -0.39 is 0 Å². The van der Waals surface area contributed by atoms with Crippen LogP contribution in [0.4, 0.5) is 0 Å². The fraction of sp³-hybridized carbons (Fsp3) is 0.929. The lowest BCUT2D eigenvalue weighted by atomic mass is 9.99. The summed E-state index contributed by atoms with van der Waals surface area (Å²) in [5, 5.41) is 0. The van der Waals surface area contributed by atoms with E-state index in [0.717, 1.165) is 12.8 Å². The van der Waals surface area contributed by atoms with Crippen molar-refractivity contribution in [3.05, 3.63) is 0 Å². The van der Waals surface area contributed by atoms with Crippen molar-refractivity contribution in [3.8, 4) is 0 Å². The van der Waals surface area contributed by atoms with E-state index in [-0.39, 0.29) is 5.92 Å². The Morgan fingerprint density at radius 1 is 1.31 bits per heavy atom. The van der Waals surface area contributed by atoms with Crippen molar-refractivity contribution in [2.45, 2.75) is 65.5 Å². The van der Waals surface area contributed by atoms with Gasteiger partial charge in [0.25, 0.3) is 0 Å². The van der Waals surface area contributed by atoms with Crippen LogP contribution in [0, 0.1) is 5.92 Å². The molecule has 0 aromatic rings. The van der Waals surface area contributed by atoms with Crippen molar-refractivity contribution in [1.82, 2.24) is 0 Å². The summed E-state index contributed by atoms with van der Waals surface area (Å²) >= 11 is 0. The van der Waals surface area contributed by atoms with Crippen LogP contribution in [0.5, 0.6) is 0 Å². The maximum absolute atomic E-state index is 11.7. The summed E-state index contributed by atoms with van der Waals surface area (Å²) in [6.45, 7) is 9.92. The van der Waals surface area contributed by atoms with E-state index in [0.29, 0.717) is 17.9 Å². The van der Waals surface area contributed by atoms with Crippen molar-refractivity contribution in [2.75, 3.05) is 13.6 Å². The van der Waals surface area contributed by atoms with Crippen LogP contribution in [0.2, 0.25) is 0 Å². The molecule has 0 N–H and O–H groups in total. The molecule has 1 aliphatic heterocycles. The Morgan fingerprint density at radius 3 is 2.44 bits per heavy atom. The standard InChI is InChI=1S/C14H28NO/c1-11(2)14(16)9-8-13-7-6-10-15(13,5)12(3)4/h11-13H,6-10H2,1-5H3/q+1/t13-,15?/m0/s1. The molecule has 0 amide bonds. The summed E-state index contributed by atoms with van der Waals surface area (Å²) in [6, 6.07) is 1.39. The number of ketones is 1. The third-order valence-electron chi connectivity index (χ3n) is 4.56. The molecule has 0 saturated carbocycles. The zero-order valence-electron chi connectivity index (χ0n) is 11.6. The summed E-state index contributed by atoms with van der Waals surface area (Å²) in [7, 11) is 2.36. The fourth-order valence-electron chi connectivity index (χ4n) is 2.86. The minimum absolute atomic E-state index is 0.208. The van der Waals surface area contributed by atoms with Gasteiger partial charge < -0.3 is 4.48 Å². The van der Waals surface area contributed by atoms with Gasteiger partial charge in [-0.15, -0.1) is 0 Å². The topological polar surface area (TPSA) is 17.1 Å². The molecule has 94 valence electrons. The van der Waals surface area contributed by atoms with Crippen LogP contribution in [0.3, 0.4) is 0 Å². The summed E-state index contributed by atoms with van der Waals surface area (Å²) in [5.41, 5.74) is 0. The van der Waals surface area contributed by atoms with E-state index in [1.165, 1.54) is 23.9 Å². The molecule has 1 unspecified atom stereocenters. The molecule has 0 aliphatic carbocycles. The van der Waals surface area contributed by atoms with E-state index in [1.54, 1.807) is 0 Å². The first-order chi connectivity index (χ1) is 7.38. The molecule has 2 atom stereocenters. The number of hydrogen-bond donors (Lipinski definition) is 0. The Labute approximate surface area is 101 Å². The lowest BCUT2D eigenvalue weighted by Gasteiger charge is -2.40. The maximum Gasteiger partial charge on any atom is 0.135 e. The summed E-state index contributed by atoms with van der Waals surface area (Å²) in [6.07, 6.45) is 4.50. The lowest BCUT2D eigenvalue weighted by Crippen LogP contribution is -2.53. The molecule has 16 heavy (non-hydrogen) atoms. The molecule has 2 nitrogen and oxygen atoms in total. The molecule has 0 spiro atoms. The molecule has 1 rings (SSSR count). The molecule has 1 fully saturated rings. The Hall–Kier alpha value is -0.370. The highest BCUT2D eigenvalue weighted by molar-refractivity contribution is 5.80. The van der Waals surface area contributed by atoms with Crippen LogP contribution in [0.1, 0.15) is 53.4 Å². The number of Topliss-reactive ketones (excluding diaryl/α,β-unsaturated/α-hetero) is 1. The average Bonchev–Trinajstić information content (AvgIpc) is 2.57. The van der Waals surface area contributed by atoms with Crippen molar-refractivity contribution in [2.24, 2.45) is 5.92 Å². The van der Waals surface area contributed by atoms with Gasteiger partial charge in [0.15, 0.2) is 0 Å². The second-order valence-electron chi connectivity index (χ2n) is 6.12. The number of quaternary nitrogens is 1. The minimum atomic E-state index is 0.208. The van der Waals surface area contributed by atoms with Gasteiger partial charge in [-0.2, -0.15) is 0 Å². The van der Waals surface area contributed by atoms with Gasteiger partial charge in [0.2, 0.25) is 0 Å². The lowest BCUT2D eigenvalue weighted by molar-refractivity contribution is -0.941. The number of hydrogen-bond acceptors (Lipinski definition) is 1. The number of carbonyl (C=O) groups is 1. The Kier molecular flexibility index (Phi) is 4.54. The maximum atomic E-state index is 11.7. The van der Waals surface area contributed by atoms with E-state index in [1.807, 2.05) is 13.8 Å². The highest BCUT2D eigenvalue weighted by Gasteiger charge is 2.39. The van der Waals surface area contributed by atoms with Crippen LogP contribution in [-0.4, -0.2) is 35.9 Å². The van der Waals surface area contributed by atoms with Crippen LogP contribution in [0.15, 0.2) is 0 Å². The molecule has 0 aromatic heterocycles. The van der Waals surface area contributed by atoms with Gasteiger partial charge in [-0.05, 0) is 13.8 Å². The van der Waals surface area contributed by atoms with Crippen molar-refractivity contribution in [3.63, 3.8) is 0 Å². The monoisotopic (exact) mass is 226 g/mol. The first-order valence-electron chi connectivity index (χ1n) is 6.75. The highest BCUT2D eigenvalue weighted by atomic mass is 16.1. The zero-order chi connectivity index (χ0) is 12.3. The van der Waals surface area contributed by atoms with Crippen LogP contribution in [0.25, 0.3) is 0 Å². The Bertz CT molecular complexity index is 247. The molecular weight excluding hydrogens is 198 g/mol. The number of rotatable bonds is 5. The van der Waals surface area contributed by atoms with E-state index >= 15 is 0 Å². The number of likely N-dealkylation sites (tertiary alicyclic amines) is 1. The minimum Gasteiger partial charge on any atom is -0.322 e. The predicted molar refractivity (Wildman–Crippen MR) is 68.3 cm³/mol. The Balaban J connectivity index is 2.51. The molecule has 1 aliphatic rings. The zero-order valence-corrected chi connectivity index (χ0v) is 11.6. The predicted octanol–water partition coefficient (Wildman–Crippen LogP) is 3.01. The SMILES string of the molecule is CC(C)C(=O)CC[C@@H]1CCC[N+]1(C)C(C)C. The molecular formula is C14H28NO+. The van der Waals surface area contributed by atoms with Gasteiger partial charge in [-0.1, -0.05) is 13.8 Å². The number of carbonyl (C=O) groups excluding carboxylic acids is 1. The van der Waals surface area contributed by atoms with Crippen LogP contribution < -0.4 is 0 Å². The first kappa shape index (κ1) is 13.7. The quantitative estimate of drug-likeness (QED) is 0.659. The fourth-order valence-corrected chi connectivity index (χ4v) is 2.86. The smallest absolute Gasteiger partial charge is 0.135 e. The van der Waals surface area contributed by atoms with Crippen molar-refractivity contribution in [1.29, 1.82) is 0 Å². The van der Waals surface area contributed by atoms with E-state index in [4.69, 9.17) is 0 Å². The first-order valence-corrected chi connectivity index (χ1v) is 6.75. The normalized spacial score (nSPS) is 30.3. The van der Waals surface area contributed by atoms with Gasteiger partial charge in [-0.25, -0.2) is 0 Å². The van der Waals surface area contributed by atoms with Gasteiger partial charge in [0, 0.05) is 31.6 Å². The van der Waals surface area contributed by atoms with Gasteiger partial charge in [0.05, 0.1) is 25.7 Å². The van der Waals surface area contributed by atoms with Gasteiger partial charge in [0.1, 0.15) is 5.78 Å². The van der Waals surface area contributed by atoms with Crippen LogP contribution >= 0.6 is 0 Å². The van der Waals surface area contributed by atoms with Crippen molar-refractivity contribution < 1.29 is 9.28 Å². The van der Waals surface area contributed by atoms with E-state index in [9.17, 15) is 4.79 Å². The third kappa shape index (κ3) is 2.85. The summed E-state index contributed by atoms with van der Waals surface area (Å²) in [5.74, 6) is 0.640. The van der Waals surface area contributed by atoms with Gasteiger partial charge in [-0.3, -0.25) is 4.79 Å². The molecule has 2 heteroatoms. The molecule has 0 aromatic carbocycles. The summed E-state index contributed by atoms with van der Waals surface area (Å²) in [4.78, 5) is 11.7. The second kappa shape index (κ2) is 5.31.